The monoisotopic (exact) mass is 286 g/mol. The minimum atomic E-state index is -2.87. The quantitative estimate of drug-likeness (QED) is 0.795. The Bertz CT molecular complexity index is 725. The predicted molar refractivity (Wildman–Crippen MR) is 64.5 cm³/mol. The van der Waals surface area contributed by atoms with Crippen LogP contribution in [0.15, 0.2) is 23.0 Å². The molecule has 0 aliphatic heterocycles. The van der Waals surface area contributed by atoms with Crippen molar-refractivity contribution in [3.63, 3.8) is 0 Å². The molecule has 7 heteroatoms. The number of alkyl halides is 2. The summed E-state index contributed by atoms with van der Waals surface area (Å²) in [7, 11) is 1.16. The van der Waals surface area contributed by atoms with Crippen molar-refractivity contribution in [3.05, 3.63) is 51.6 Å². The number of halogens is 4. The summed E-state index contributed by atoms with van der Waals surface area (Å²) in [5, 5.41) is 0. The highest BCUT2D eigenvalue weighted by molar-refractivity contribution is 5.59. The van der Waals surface area contributed by atoms with Gasteiger partial charge in [0.2, 0.25) is 0 Å². The molecule has 0 aliphatic rings. The van der Waals surface area contributed by atoms with Crippen LogP contribution in [0.3, 0.4) is 0 Å². The molecule has 0 saturated heterocycles. The summed E-state index contributed by atoms with van der Waals surface area (Å²) in [6.45, 7) is 1.30. The minimum absolute atomic E-state index is 0.0826. The number of benzene rings is 1. The van der Waals surface area contributed by atoms with Gasteiger partial charge >= 0.3 is 0 Å². The Morgan fingerprint density at radius 2 is 1.90 bits per heavy atom. The topological polar surface area (TPSA) is 34.9 Å². The fourth-order valence-electron chi connectivity index (χ4n) is 1.94. The van der Waals surface area contributed by atoms with Crippen LogP contribution in [-0.2, 0) is 7.05 Å². The summed E-state index contributed by atoms with van der Waals surface area (Å²) in [5.74, 6) is -1.78. The van der Waals surface area contributed by atoms with E-state index in [1.165, 1.54) is 6.92 Å². The first-order valence-corrected chi connectivity index (χ1v) is 5.64. The Morgan fingerprint density at radius 1 is 1.25 bits per heavy atom. The molecular weight excluding hydrogens is 276 g/mol. The van der Waals surface area contributed by atoms with Gasteiger partial charge in [-0.15, -0.1) is 0 Å². The lowest BCUT2D eigenvalue weighted by atomic mass is 10.1. The molecule has 106 valence electrons. The second kappa shape index (κ2) is 5.07. The molecule has 2 rings (SSSR count). The number of hydrogen-bond acceptors (Lipinski definition) is 2. The van der Waals surface area contributed by atoms with Crippen LogP contribution in [0.2, 0.25) is 0 Å². The van der Waals surface area contributed by atoms with Crippen molar-refractivity contribution in [1.82, 2.24) is 9.55 Å². The third-order valence-corrected chi connectivity index (χ3v) is 2.91. The van der Waals surface area contributed by atoms with Crippen LogP contribution in [0.5, 0.6) is 0 Å². The number of aromatic nitrogens is 2. The highest BCUT2D eigenvalue weighted by Gasteiger charge is 2.21. The van der Waals surface area contributed by atoms with E-state index in [0.717, 1.165) is 23.7 Å². The van der Waals surface area contributed by atoms with E-state index in [0.29, 0.717) is 6.07 Å². The highest BCUT2D eigenvalue weighted by atomic mass is 19.3. The maximum atomic E-state index is 13.7. The molecule has 0 saturated carbocycles. The van der Waals surface area contributed by atoms with Crippen molar-refractivity contribution in [3.8, 4) is 11.3 Å². The van der Waals surface area contributed by atoms with E-state index in [1.54, 1.807) is 0 Å². The van der Waals surface area contributed by atoms with Crippen molar-refractivity contribution in [1.29, 1.82) is 0 Å². The average molecular weight is 286 g/mol. The number of nitrogens with zero attached hydrogens (tertiary/aromatic N) is 2. The largest absolute Gasteiger partial charge is 0.307 e. The molecule has 1 aromatic carbocycles. The normalized spacial score (nSPS) is 11.2. The molecule has 1 heterocycles. The number of rotatable bonds is 2. The summed E-state index contributed by atoms with van der Waals surface area (Å²) in [5.41, 5.74) is -2.03. The van der Waals surface area contributed by atoms with Gasteiger partial charge < -0.3 is 4.57 Å². The molecule has 0 aliphatic carbocycles. The zero-order chi connectivity index (χ0) is 15.0. The fourth-order valence-corrected chi connectivity index (χ4v) is 1.94. The third-order valence-electron chi connectivity index (χ3n) is 2.91. The average Bonchev–Trinajstić information content (AvgIpc) is 2.34. The fraction of sp³-hybridized carbons (Fsp3) is 0.231. The third kappa shape index (κ3) is 2.31. The molecule has 0 spiro atoms. The van der Waals surface area contributed by atoms with E-state index in [4.69, 9.17) is 0 Å². The van der Waals surface area contributed by atoms with Gasteiger partial charge in [-0.05, 0) is 19.1 Å². The van der Waals surface area contributed by atoms with Gasteiger partial charge in [-0.1, -0.05) is 0 Å². The van der Waals surface area contributed by atoms with Crippen molar-refractivity contribution >= 4 is 0 Å². The molecule has 0 N–H and O–H groups in total. The predicted octanol–water partition coefficient (Wildman–Crippen LogP) is 2.97. The lowest BCUT2D eigenvalue weighted by Gasteiger charge is -2.12. The van der Waals surface area contributed by atoms with Gasteiger partial charge in [-0.25, -0.2) is 22.5 Å². The van der Waals surface area contributed by atoms with Crippen LogP contribution in [-0.4, -0.2) is 9.55 Å². The van der Waals surface area contributed by atoms with Gasteiger partial charge in [0.25, 0.3) is 12.0 Å². The standard InChI is InChI=1S/C13H10F4N2O/c1-6-11(12(16)17)19(2)13(20)10(18-6)8-4-3-7(14)5-9(8)15/h3-5,12H,1-2H3. The van der Waals surface area contributed by atoms with Gasteiger partial charge in [-0.3, -0.25) is 4.79 Å². The molecule has 0 bridgehead atoms. The molecule has 3 nitrogen and oxygen atoms in total. The van der Waals surface area contributed by atoms with Gasteiger partial charge in [0.05, 0.1) is 5.69 Å². The van der Waals surface area contributed by atoms with E-state index in [9.17, 15) is 22.4 Å². The Kier molecular flexibility index (Phi) is 3.61. The smallest absolute Gasteiger partial charge is 0.280 e. The van der Waals surface area contributed by atoms with Crippen molar-refractivity contribution in [2.45, 2.75) is 13.3 Å². The Labute approximate surface area is 111 Å². The first-order valence-electron chi connectivity index (χ1n) is 5.64. The molecule has 0 radical (unpaired) electrons. The summed E-state index contributed by atoms with van der Waals surface area (Å²) in [4.78, 5) is 15.7. The van der Waals surface area contributed by atoms with E-state index in [1.807, 2.05) is 0 Å². The first kappa shape index (κ1) is 14.2. The van der Waals surface area contributed by atoms with E-state index in [2.05, 4.69) is 4.98 Å². The van der Waals surface area contributed by atoms with E-state index >= 15 is 0 Å². The molecule has 2 aromatic rings. The van der Waals surface area contributed by atoms with Crippen LogP contribution < -0.4 is 5.56 Å². The van der Waals surface area contributed by atoms with Crippen LogP contribution in [0.25, 0.3) is 11.3 Å². The summed E-state index contributed by atoms with van der Waals surface area (Å²) in [6, 6.07) is 2.62. The van der Waals surface area contributed by atoms with E-state index in [-0.39, 0.29) is 17.0 Å². The maximum absolute atomic E-state index is 13.7. The molecule has 0 atom stereocenters. The Balaban J connectivity index is 2.74. The molecule has 20 heavy (non-hydrogen) atoms. The Morgan fingerprint density at radius 3 is 2.45 bits per heavy atom. The van der Waals surface area contributed by atoms with Gasteiger partial charge in [0, 0.05) is 18.7 Å². The SMILES string of the molecule is Cc1nc(-c2ccc(F)cc2F)c(=O)n(C)c1C(F)F. The van der Waals surface area contributed by atoms with Crippen molar-refractivity contribution in [2.24, 2.45) is 7.05 Å². The molecule has 1 aromatic heterocycles. The lowest BCUT2D eigenvalue weighted by Crippen LogP contribution is -2.25. The van der Waals surface area contributed by atoms with Crippen LogP contribution in [0, 0.1) is 18.6 Å². The number of hydrogen-bond donors (Lipinski definition) is 0. The number of aryl methyl sites for hydroxylation is 1. The highest BCUT2D eigenvalue weighted by Crippen LogP contribution is 2.23. The van der Waals surface area contributed by atoms with Gasteiger partial charge in [0.15, 0.2) is 0 Å². The summed E-state index contributed by atoms with van der Waals surface area (Å²) < 4.78 is 52.9. The Hall–Kier alpha value is -2.18. The van der Waals surface area contributed by atoms with Crippen molar-refractivity contribution in [2.75, 3.05) is 0 Å². The van der Waals surface area contributed by atoms with E-state index < -0.39 is 29.3 Å². The van der Waals surface area contributed by atoms with Crippen molar-refractivity contribution < 1.29 is 17.6 Å². The second-order valence-electron chi connectivity index (χ2n) is 4.22. The first-order chi connectivity index (χ1) is 9.32. The van der Waals surface area contributed by atoms with Crippen LogP contribution in [0.4, 0.5) is 17.6 Å². The second-order valence-corrected chi connectivity index (χ2v) is 4.22. The molecule has 0 amide bonds. The summed E-state index contributed by atoms with van der Waals surface area (Å²) in [6.07, 6.45) is -2.87. The van der Waals surface area contributed by atoms with Crippen LogP contribution >= 0.6 is 0 Å². The van der Waals surface area contributed by atoms with Crippen LogP contribution in [0.1, 0.15) is 17.8 Å². The molecular formula is C13H10F4N2O. The molecule has 0 unspecified atom stereocenters. The zero-order valence-electron chi connectivity index (χ0n) is 10.6. The lowest BCUT2D eigenvalue weighted by molar-refractivity contribution is 0.139. The summed E-state index contributed by atoms with van der Waals surface area (Å²) >= 11 is 0. The van der Waals surface area contributed by atoms with Gasteiger partial charge in [0.1, 0.15) is 23.0 Å². The maximum Gasteiger partial charge on any atom is 0.280 e. The molecule has 0 fully saturated rings. The zero-order valence-corrected chi connectivity index (χ0v) is 10.6. The van der Waals surface area contributed by atoms with Gasteiger partial charge in [-0.2, -0.15) is 0 Å². The minimum Gasteiger partial charge on any atom is -0.307 e.